The highest BCUT2D eigenvalue weighted by molar-refractivity contribution is 6.34. The third-order valence-electron chi connectivity index (χ3n) is 9.80. The number of amides is 2. The lowest BCUT2D eigenvalue weighted by molar-refractivity contribution is -0.147. The van der Waals surface area contributed by atoms with Gasteiger partial charge in [0.1, 0.15) is 5.15 Å². The highest BCUT2D eigenvalue weighted by Gasteiger charge is 2.62. The molecule has 0 saturated heterocycles. The number of halogens is 2. The first-order chi connectivity index (χ1) is 15.6. The lowest BCUT2D eigenvalue weighted by Crippen LogP contribution is -2.62. The van der Waals surface area contributed by atoms with Crippen LogP contribution in [0.4, 0.5) is 5.69 Å². The van der Waals surface area contributed by atoms with Gasteiger partial charge in [-0.3, -0.25) is 9.59 Å². The van der Waals surface area contributed by atoms with Crippen molar-refractivity contribution in [1.82, 2.24) is 9.88 Å². The summed E-state index contributed by atoms with van der Waals surface area (Å²) in [4.78, 5) is 31.9. The fourth-order valence-corrected chi connectivity index (χ4v) is 8.85. The molecule has 8 atom stereocenters. The third-order valence-corrected chi connectivity index (χ3v) is 10.3. The van der Waals surface area contributed by atoms with Crippen molar-refractivity contribution in [3.8, 4) is 0 Å². The normalized spacial score (nSPS) is 41.9. The van der Waals surface area contributed by atoms with Crippen LogP contribution in [0.25, 0.3) is 0 Å². The number of pyridine rings is 1. The SMILES string of the molecule is CC1C[C@@H]2[C@@H](CC[C@]3(C)C(C(=O)Nc4ccc(Cl)nc4Cl)CC[C@@H]23)[C@@]2(C)C=CC(=O)N(C)C12. The molecule has 5 rings (SSSR count). The molecule has 3 saturated carbocycles. The van der Waals surface area contributed by atoms with Gasteiger partial charge in [0, 0.05) is 24.4 Å². The molecule has 2 heterocycles. The Morgan fingerprint density at radius 3 is 2.67 bits per heavy atom. The van der Waals surface area contributed by atoms with Crippen LogP contribution in [0.15, 0.2) is 24.3 Å². The van der Waals surface area contributed by atoms with Crippen LogP contribution in [0.5, 0.6) is 0 Å². The van der Waals surface area contributed by atoms with E-state index in [1.807, 2.05) is 11.9 Å². The van der Waals surface area contributed by atoms with Crippen LogP contribution < -0.4 is 5.32 Å². The zero-order chi connectivity index (χ0) is 23.7. The average Bonchev–Trinajstić information content (AvgIpc) is 3.10. The molecule has 0 spiro atoms. The molecule has 5 nitrogen and oxygen atoms in total. The topological polar surface area (TPSA) is 62.3 Å². The van der Waals surface area contributed by atoms with E-state index in [9.17, 15) is 9.59 Å². The molecule has 0 bridgehead atoms. The second kappa shape index (κ2) is 7.98. The molecule has 1 N–H and O–H groups in total. The number of carbonyl (C=O) groups excluding carboxylic acids is 2. The summed E-state index contributed by atoms with van der Waals surface area (Å²) in [6, 6.07) is 3.62. The van der Waals surface area contributed by atoms with Crippen LogP contribution in [0.1, 0.15) is 52.9 Å². The van der Waals surface area contributed by atoms with Gasteiger partial charge in [0.15, 0.2) is 5.15 Å². The van der Waals surface area contributed by atoms with Gasteiger partial charge in [0.25, 0.3) is 0 Å². The smallest absolute Gasteiger partial charge is 0.246 e. The van der Waals surface area contributed by atoms with E-state index in [0.717, 1.165) is 32.1 Å². The minimum atomic E-state index is -0.0396. The summed E-state index contributed by atoms with van der Waals surface area (Å²) < 4.78 is 0. The van der Waals surface area contributed by atoms with Crippen molar-refractivity contribution in [2.75, 3.05) is 12.4 Å². The maximum Gasteiger partial charge on any atom is 0.246 e. The Hall–Kier alpha value is -1.59. The lowest BCUT2D eigenvalue weighted by atomic mass is 9.46. The van der Waals surface area contributed by atoms with Crippen LogP contribution in [0, 0.1) is 40.4 Å². The lowest BCUT2D eigenvalue weighted by Gasteiger charge is -2.62. The largest absolute Gasteiger partial charge is 0.338 e. The van der Waals surface area contributed by atoms with Crippen molar-refractivity contribution in [2.24, 2.45) is 40.4 Å². The first kappa shape index (κ1) is 23.2. The molecule has 2 amide bonds. The summed E-state index contributed by atoms with van der Waals surface area (Å²) in [5.41, 5.74) is 0.490. The Kier molecular flexibility index (Phi) is 5.60. The van der Waals surface area contributed by atoms with Crippen molar-refractivity contribution in [1.29, 1.82) is 0 Å². The van der Waals surface area contributed by atoms with Crippen molar-refractivity contribution < 1.29 is 9.59 Å². The van der Waals surface area contributed by atoms with Crippen LogP contribution >= 0.6 is 23.2 Å². The summed E-state index contributed by atoms with van der Waals surface area (Å²) in [6.45, 7) is 7.00. The number of fused-ring (bicyclic) bond motifs is 5. The number of nitrogens with zero attached hydrogens (tertiary/aromatic N) is 2. The monoisotopic (exact) mass is 489 g/mol. The van der Waals surface area contributed by atoms with Gasteiger partial charge < -0.3 is 10.2 Å². The second-order valence-corrected chi connectivity index (χ2v) is 12.1. The number of likely N-dealkylation sites (N-methyl/N-ethyl adjacent to an activating group) is 1. The summed E-state index contributed by atoms with van der Waals surface area (Å²) in [5.74, 6) is 2.19. The molecule has 7 heteroatoms. The number of anilines is 1. The number of rotatable bonds is 2. The van der Waals surface area contributed by atoms with E-state index >= 15 is 0 Å². The average molecular weight is 490 g/mol. The van der Waals surface area contributed by atoms with Gasteiger partial charge in [-0.15, -0.1) is 0 Å². The molecule has 3 fully saturated rings. The molecular weight excluding hydrogens is 457 g/mol. The molecule has 4 aliphatic rings. The molecule has 1 aromatic rings. The molecule has 3 unspecified atom stereocenters. The van der Waals surface area contributed by atoms with E-state index in [1.54, 1.807) is 18.2 Å². The molecule has 1 aromatic heterocycles. The molecule has 33 heavy (non-hydrogen) atoms. The summed E-state index contributed by atoms with van der Waals surface area (Å²) in [7, 11) is 1.96. The van der Waals surface area contributed by atoms with Gasteiger partial charge in [-0.25, -0.2) is 4.98 Å². The van der Waals surface area contributed by atoms with Crippen molar-refractivity contribution in [3.63, 3.8) is 0 Å². The van der Waals surface area contributed by atoms with Gasteiger partial charge in [-0.1, -0.05) is 50.0 Å². The maximum atomic E-state index is 13.4. The van der Waals surface area contributed by atoms with E-state index in [4.69, 9.17) is 23.2 Å². The fourth-order valence-electron chi connectivity index (χ4n) is 8.46. The van der Waals surface area contributed by atoms with Gasteiger partial charge in [0.2, 0.25) is 11.8 Å². The van der Waals surface area contributed by atoms with Crippen LogP contribution in [0.3, 0.4) is 0 Å². The number of nitrogens with one attached hydrogen (secondary N) is 1. The Morgan fingerprint density at radius 1 is 1.18 bits per heavy atom. The fraction of sp³-hybridized carbons (Fsp3) is 0.654. The van der Waals surface area contributed by atoms with Gasteiger partial charge >= 0.3 is 0 Å². The number of carbonyl (C=O) groups is 2. The molecule has 1 aliphatic heterocycles. The van der Waals surface area contributed by atoms with Crippen molar-refractivity contribution in [2.45, 2.75) is 58.9 Å². The number of hydrogen-bond acceptors (Lipinski definition) is 3. The van der Waals surface area contributed by atoms with Gasteiger partial charge in [-0.05, 0) is 79.4 Å². The Labute approximate surface area is 206 Å². The third kappa shape index (κ3) is 3.44. The summed E-state index contributed by atoms with van der Waals surface area (Å²) >= 11 is 12.1. The van der Waals surface area contributed by atoms with Crippen LogP contribution in [-0.2, 0) is 9.59 Å². The van der Waals surface area contributed by atoms with Gasteiger partial charge in [0.05, 0.1) is 5.69 Å². The number of aromatic nitrogens is 1. The van der Waals surface area contributed by atoms with Crippen LogP contribution in [0.2, 0.25) is 10.3 Å². The Balaban J connectivity index is 1.40. The molecular formula is C26H33Cl2N3O2. The predicted molar refractivity (Wildman–Crippen MR) is 131 cm³/mol. The predicted octanol–water partition coefficient (Wildman–Crippen LogP) is 5.83. The van der Waals surface area contributed by atoms with Crippen molar-refractivity contribution >= 4 is 40.7 Å². The van der Waals surface area contributed by atoms with E-state index in [1.165, 1.54) is 0 Å². The van der Waals surface area contributed by atoms with E-state index in [0.29, 0.717) is 34.5 Å². The summed E-state index contributed by atoms with van der Waals surface area (Å²) in [6.07, 6.45) is 9.23. The molecule has 0 radical (unpaired) electrons. The van der Waals surface area contributed by atoms with Gasteiger partial charge in [-0.2, -0.15) is 0 Å². The minimum Gasteiger partial charge on any atom is -0.338 e. The minimum absolute atomic E-state index is 0.00479. The zero-order valence-corrected chi connectivity index (χ0v) is 21.3. The van der Waals surface area contributed by atoms with E-state index < -0.39 is 0 Å². The van der Waals surface area contributed by atoms with E-state index in [2.05, 4.69) is 37.1 Å². The molecule has 3 aliphatic carbocycles. The Morgan fingerprint density at radius 2 is 1.94 bits per heavy atom. The second-order valence-electron chi connectivity index (χ2n) is 11.3. The highest BCUT2D eigenvalue weighted by Crippen LogP contribution is 2.66. The zero-order valence-electron chi connectivity index (χ0n) is 19.8. The summed E-state index contributed by atoms with van der Waals surface area (Å²) in [5, 5.41) is 3.57. The molecule has 178 valence electrons. The van der Waals surface area contributed by atoms with E-state index in [-0.39, 0.29) is 39.8 Å². The first-order valence-corrected chi connectivity index (χ1v) is 12.9. The maximum absolute atomic E-state index is 13.4. The quantitative estimate of drug-likeness (QED) is 0.531. The molecule has 0 aromatic carbocycles. The Bertz CT molecular complexity index is 1030. The highest BCUT2D eigenvalue weighted by atomic mass is 35.5. The first-order valence-electron chi connectivity index (χ1n) is 12.1. The van der Waals surface area contributed by atoms with Crippen molar-refractivity contribution in [3.05, 3.63) is 34.6 Å². The van der Waals surface area contributed by atoms with Crippen LogP contribution in [-0.4, -0.2) is 34.8 Å². The standard InChI is InChI=1S/C26H33Cl2N3O2/c1-14-13-15-16-5-6-18(24(33)29-19-7-8-20(27)30-23(19)28)25(16,2)11-9-17(15)26(3)12-10-21(32)31(4)22(14)26/h7-8,10,12,14-18,22H,5-6,9,11,13H2,1-4H3,(H,29,33)/t14?,15-,16-,17+,18?,22?,25-,26+/m0/s1. The number of hydrogen-bond donors (Lipinski definition) is 1.